The molecule has 2 rings (SSSR count). The molecule has 0 aliphatic carbocycles. The van der Waals surface area contributed by atoms with E-state index in [0.717, 1.165) is 12.2 Å². The number of nitrogens with one attached hydrogen (secondary N) is 2. The maximum absolute atomic E-state index is 11.9. The summed E-state index contributed by atoms with van der Waals surface area (Å²) in [6.45, 7) is 1.37. The number of β-amino-alcohol motifs (C(OH)–C–C–N with tert-alkyl or cyclic N) is 1. The lowest BCUT2D eigenvalue weighted by molar-refractivity contribution is -0.117. The summed E-state index contributed by atoms with van der Waals surface area (Å²) in [6, 6.07) is 7.53. The molecule has 0 bridgehead atoms. The smallest absolute Gasteiger partial charge is 0.241 e. The number of rotatable bonds is 4. The zero-order chi connectivity index (χ0) is 13.8. The number of nitrogens with zero attached hydrogens (tertiary/aromatic N) is 1. The van der Waals surface area contributed by atoms with Gasteiger partial charge in [0.1, 0.15) is 0 Å². The second-order valence-corrected chi connectivity index (χ2v) is 5.27. The Morgan fingerprint density at radius 3 is 2.63 bits per heavy atom. The van der Waals surface area contributed by atoms with Crippen molar-refractivity contribution >= 4 is 11.6 Å². The molecule has 0 aromatic heterocycles. The molecule has 3 N–H and O–H groups in total. The molecule has 1 fully saturated rings. The molecule has 1 amide bonds. The normalized spacial score (nSPS) is 22.7. The standard InChI is InChI=1S/C14H21N3O2/c1-17(2)9-10-3-5-11(6-4-10)16-14(19)13-7-12(18)8-15-13/h3-6,12-13,15,18H,7-9H2,1-2H3,(H,16,19). The van der Waals surface area contributed by atoms with Gasteiger partial charge in [-0.25, -0.2) is 0 Å². The van der Waals surface area contributed by atoms with Crippen LogP contribution in [0.5, 0.6) is 0 Å². The molecule has 1 aromatic carbocycles. The highest BCUT2D eigenvalue weighted by molar-refractivity contribution is 5.95. The van der Waals surface area contributed by atoms with Gasteiger partial charge in [0.05, 0.1) is 12.1 Å². The average molecular weight is 263 g/mol. The zero-order valence-corrected chi connectivity index (χ0v) is 11.4. The van der Waals surface area contributed by atoms with Crippen molar-refractivity contribution in [3.05, 3.63) is 29.8 Å². The number of amides is 1. The van der Waals surface area contributed by atoms with Gasteiger partial charge in [0.15, 0.2) is 0 Å². The quantitative estimate of drug-likeness (QED) is 0.736. The van der Waals surface area contributed by atoms with E-state index in [1.165, 1.54) is 5.56 Å². The Labute approximate surface area is 113 Å². The Hall–Kier alpha value is -1.43. The van der Waals surface area contributed by atoms with Crippen LogP contribution in [-0.2, 0) is 11.3 Å². The third kappa shape index (κ3) is 4.02. The highest BCUT2D eigenvalue weighted by atomic mass is 16.3. The average Bonchev–Trinajstić information content (AvgIpc) is 2.78. The topological polar surface area (TPSA) is 64.6 Å². The molecule has 2 atom stereocenters. The van der Waals surface area contributed by atoms with Crippen molar-refractivity contribution < 1.29 is 9.90 Å². The molecule has 0 saturated carbocycles. The summed E-state index contributed by atoms with van der Waals surface area (Å²) in [7, 11) is 4.04. The molecule has 1 saturated heterocycles. The first-order valence-electron chi connectivity index (χ1n) is 6.50. The molecule has 2 unspecified atom stereocenters. The largest absolute Gasteiger partial charge is 0.392 e. The van der Waals surface area contributed by atoms with Crippen LogP contribution < -0.4 is 10.6 Å². The molecule has 5 nitrogen and oxygen atoms in total. The number of carbonyl (C=O) groups is 1. The van der Waals surface area contributed by atoms with Crippen LogP contribution in [0.15, 0.2) is 24.3 Å². The van der Waals surface area contributed by atoms with E-state index in [4.69, 9.17) is 0 Å². The summed E-state index contributed by atoms with van der Waals surface area (Å²) in [4.78, 5) is 14.0. The van der Waals surface area contributed by atoms with Crippen LogP contribution in [0.3, 0.4) is 0 Å². The van der Waals surface area contributed by atoms with Crippen molar-refractivity contribution in [2.75, 3.05) is 26.0 Å². The second-order valence-electron chi connectivity index (χ2n) is 5.27. The summed E-state index contributed by atoms with van der Waals surface area (Å²) in [6.07, 6.45) is 0.0584. The van der Waals surface area contributed by atoms with Crippen LogP contribution in [0.4, 0.5) is 5.69 Å². The summed E-state index contributed by atoms with van der Waals surface area (Å²) in [5.41, 5.74) is 1.99. The second kappa shape index (κ2) is 6.14. The SMILES string of the molecule is CN(C)Cc1ccc(NC(=O)C2CC(O)CN2)cc1. The molecule has 0 radical (unpaired) electrons. The van der Waals surface area contributed by atoms with E-state index in [2.05, 4.69) is 15.5 Å². The van der Waals surface area contributed by atoms with Crippen LogP contribution in [0.2, 0.25) is 0 Å². The Kier molecular flexibility index (Phi) is 4.52. The van der Waals surface area contributed by atoms with Gasteiger partial charge in [0, 0.05) is 18.8 Å². The van der Waals surface area contributed by atoms with Crippen molar-refractivity contribution in [1.82, 2.24) is 10.2 Å². The first-order valence-corrected chi connectivity index (χ1v) is 6.50. The number of aliphatic hydroxyl groups excluding tert-OH is 1. The van der Waals surface area contributed by atoms with E-state index in [1.54, 1.807) is 0 Å². The van der Waals surface area contributed by atoms with E-state index in [9.17, 15) is 9.90 Å². The maximum atomic E-state index is 11.9. The Morgan fingerprint density at radius 1 is 1.42 bits per heavy atom. The van der Waals surface area contributed by atoms with E-state index >= 15 is 0 Å². The van der Waals surface area contributed by atoms with E-state index in [0.29, 0.717) is 13.0 Å². The van der Waals surface area contributed by atoms with Gasteiger partial charge in [-0.05, 0) is 38.2 Å². The van der Waals surface area contributed by atoms with Gasteiger partial charge in [-0.2, -0.15) is 0 Å². The first kappa shape index (κ1) is 14.0. The van der Waals surface area contributed by atoms with Crippen molar-refractivity contribution in [3.63, 3.8) is 0 Å². The van der Waals surface area contributed by atoms with Gasteiger partial charge in [0.25, 0.3) is 0 Å². The summed E-state index contributed by atoms with van der Waals surface area (Å²) < 4.78 is 0. The maximum Gasteiger partial charge on any atom is 0.241 e. The summed E-state index contributed by atoms with van der Waals surface area (Å²) in [5, 5.41) is 15.2. The lowest BCUT2D eigenvalue weighted by atomic mass is 10.1. The highest BCUT2D eigenvalue weighted by Gasteiger charge is 2.27. The van der Waals surface area contributed by atoms with Crippen LogP contribution >= 0.6 is 0 Å². The minimum absolute atomic E-state index is 0.0862. The van der Waals surface area contributed by atoms with Crippen molar-refractivity contribution in [3.8, 4) is 0 Å². The van der Waals surface area contributed by atoms with Crippen molar-refractivity contribution in [2.45, 2.75) is 25.1 Å². The Balaban J connectivity index is 1.90. The minimum Gasteiger partial charge on any atom is -0.392 e. The predicted octanol–water partition coefficient (Wildman–Crippen LogP) is 0.409. The Bertz CT molecular complexity index is 431. The molecule has 104 valence electrons. The van der Waals surface area contributed by atoms with Crippen molar-refractivity contribution in [2.24, 2.45) is 0 Å². The number of hydrogen-bond donors (Lipinski definition) is 3. The number of benzene rings is 1. The molecule has 1 heterocycles. The minimum atomic E-state index is -0.418. The van der Waals surface area contributed by atoms with Crippen LogP contribution in [0, 0.1) is 0 Å². The highest BCUT2D eigenvalue weighted by Crippen LogP contribution is 2.13. The molecule has 1 aromatic rings. The Morgan fingerprint density at radius 2 is 2.11 bits per heavy atom. The predicted molar refractivity (Wildman–Crippen MR) is 74.9 cm³/mol. The number of anilines is 1. The summed E-state index contributed by atoms with van der Waals surface area (Å²) in [5.74, 6) is -0.0862. The number of aliphatic hydroxyl groups is 1. The number of carbonyl (C=O) groups excluding carboxylic acids is 1. The van der Waals surface area contributed by atoms with E-state index < -0.39 is 6.10 Å². The van der Waals surface area contributed by atoms with E-state index in [1.807, 2.05) is 38.4 Å². The van der Waals surface area contributed by atoms with Crippen molar-refractivity contribution in [1.29, 1.82) is 0 Å². The fourth-order valence-electron chi connectivity index (χ4n) is 2.20. The van der Waals surface area contributed by atoms with Gasteiger partial charge in [0.2, 0.25) is 5.91 Å². The molecule has 5 heteroatoms. The lowest BCUT2D eigenvalue weighted by Crippen LogP contribution is -2.35. The molecule has 1 aliphatic heterocycles. The van der Waals surface area contributed by atoms with Crippen LogP contribution in [0.1, 0.15) is 12.0 Å². The van der Waals surface area contributed by atoms with Gasteiger partial charge in [-0.15, -0.1) is 0 Å². The zero-order valence-electron chi connectivity index (χ0n) is 11.4. The summed E-state index contributed by atoms with van der Waals surface area (Å²) >= 11 is 0. The first-order chi connectivity index (χ1) is 9.04. The van der Waals surface area contributed by atoms with Crippen LogP contribution in [-0.4, -0.2) is 48.7 Å². The fourth-order valence-corrected chi connectivity index (χ4v) is 2.20. The monoisotopic (exact) mass is 263 g/mol. The van der Waals surface area contributed by atoms with Gasteiger partial charge in [-0.1, -0.05) is 12.1 Å². The van der Waals surface area contributed by atoms with Gasteiger partial charge >= 0.3 is 0 Å². The third-order valence-corrected chi connectivity index (χ3v) is 3.14. The van der Waals surface area contributed by atoms with E-state index in [-0.39, 0.29) is 11.9 Å². The third-order valence-electron chi connectivity index (χ3n) is 3.14. The molecule has 19 heavy (non-hydrogen) atoms. The van der Waals surface area contributed by atoms with Gasteiger partial charge < -0.3 is 20.6 Å². The van der Waals surface area contributed by atoms with Crippen LogP contribution in [0.25, 0.3) is 0 Å². The molecular weight excluding hydrogens is 242 g/mol. The molecule has 1 aliphatic rings. The molecule has 0 spiro atoms. The lowest BCUT2D eigenvalue weighted by Gasteiger charge is -2.13. The number of hydrogen-bond acceptors (Lipinski definition) is 4. The molecular formula is C14H21N3O2. The van der Waals surface area contributed by atoms with Gasteiger partial charge in [-0.3, -0.25) is 4.79 Å². The fraction of sp³-hybridized carbons (Fsp3) is 0.500.